The second kappa shape index (κ2) is 6.25. The molecule has 2 atom stereocenters. The van der Waals surface area contributed by atoms with Gasteiger partial charge in [0, 0.05) is 17.1 Å². The fourth-order valence-corrected chi connectivity index (χ4v) is 4.41. The van der Waals surface area contributed by atoms with Crippen LogP contribution in [0.1, 0.15) is 69.9 Å². The Kier molecular flexibility index (Phi) is 4.37. The lowest BCUT2D eigenvalue weighted by molar-refractivity contribution is 0.307. The maximum absolute atomic E-state index is 3.48. The van der Waals surface area contributed by atoms with E-state index in [1.54, 1.807) is 16.5 Å². The zero-order chi connectivity index (χ0) is 14.8. The summed E-state index contributed by atoms with van der Waals surface area (Å²) in [5.74, 6) is 2.48. The molecule has 0 radical (unpaired) electrons. The molecule has 0 saturated heterocycles. The zero-order valence-corrected chi connectivity index (χ0v) is 13.8. The lowest BCUT2D eigenvalue weighted by atomic mass is 9.70. The van der Waals surface area contributed by atoms with Crippen LogP contribution in [0.15, 0.2) is 24.4 Å². The standard InChI is InChI=1S/C20H29N/c1-4-8-15-12-16-13-21-19-10-7-9-17(20(16)19)18(15)11-14(5-2)6-3/h7,9-10,13-15,18,21H,4-6,8,11-12H2,1-3H3/t15-,18?/m1/s1. The predicted molar refractivity (Wildman–Crippen MR) is 91.8 cm³/mol. The summed E-state index contributed by atoms with van der Waals surface area (Å²) in [5, 5.41) is 1.54. The maximum Gasteiger partial charge on any atom is 0.0459 e. The van der Waals surface area contributed by atoms with Crippen LogP contribution in [-0.4, -0.2) is 4.98 Å². The van der Waals surface area contributed by atoms with Crippen LogP contribution in [-0.2, 0) is 6.42 Å². The van der Waals surface area contributed by atoms with Gasteiger partial charge in [0.25, 0.3) is 0 Å². The topological polar surface area (TPSA) is 15.8 Å². The van der Waals surface area contributed by atoms with E-state index in [1.807, 2.05) is 0 Å². The molecule has 1 heteroatoms. The summed E-state index contributed by atoms with van der Waals surface area (Å²) in [6, 6.07) is 6.87. The van der Waals surface area contributed by atoms with Gasteiger partial charge in [0.05, 0.1) is 0 Å². The number of hydrogen-bond acceptors (Lipinski definition) is 0. The van der Waals surface area contributed by atoms with E-state index in [0.717, 1.165) is 17.8 Å². The molecule has 0 fully saturated rings. The molecule has 1 heterocycles. The molecule has 0 saturated carbocycles. The quantitative estimate of drug-likeness (QED) is 0.664. The smallest absolute Gasteiger partial charge is 0.0459 e. The van der Waals surface area contributed by atoms with Gasteiger partial charge < -0.3 is 4.98 Å². The van der Waals surface area contributed by atoms with E-state index in [-0.39, 0.29) is 0 Å². The maximum atomic E-state index is 3.48. The molecule has 0 bridgehead atoms. The van der Waals surface area contributed by atoms with Crippen LogP contribution in [0.5, 0.6) is 0 Å². The van der Waals surface area contributed by atoms with Crippen LogP contribution >= 0.6 is 0 Å². The summed E-state index contributed by atoms with van der Waals surface area (Å²) in [5.41, 5.74) is 4.52. The minimum absolute atomic E-state index is 0.766. The van der Waals surface area contributed by atoms with Gasteiger partial charge in [-0.15, -0.1) is 0 Å². The molecule has 1 N–H and O–H groups in total. The van der Waals surface area contributed by atoms with Gasteiger partial charge in [-0.2, -0.15) is 0 Å². The number of aromatic amines is 1. The number of H-pyrrole nitrogens is 1. The van der Waals surface area contributed by atoms with Gasteiger partial charge in [0.1, 0.15) is 0 Å². The first-order chi connectivity index (χ1) is 10.3. The summed E-state index contributed by atoms with van der Waals surface area (Å²) in [6.45, 7) is 7.05. The molecule has 2 aromatic rings. The van der Waals surface area contributed by atoms with E-state index in [1.165, 1.54) is 44.0 Å². The highest BCUT2D eigenvalue weighted by atomic mass is 14.7. The molecule has 1 aromatic carbocycles. The molecule has 1 aliphatic carbocycles. The lowest BCUT2D eigenvalue weighted by Gasteiger charge is -2.34. The minimum atomic E-state index is 0.766. The van der Waals surface area contributed by atoms with Gasteiger partial charge in [0.15, 0.2) is 0 Å². The third-order valence-corrected chi connectivity index (χ3v) is 5.67. The third kappa shape index (κ3) is 2.63. The van der Waals surface area contributed by atoms with Crippen molar-refractivity contribution >= 4 is 10.9 Å². The first kappa shape index (κ1) is 14.7. The number of rotatable bonds is 6. The van der Waals surface area contributed by atoms with Crippen molar-refractivity contribution in [3.8, 4) is 0 Å². The lowest BCUT2D eigenvalue weighted by Crippen LogP contribution is -2.22. The van der Waals surface area contributed by atoms with Crippen molar-refractivity contribution in [3.05, 3.63) is 35.5 Å². The Morgan fingerprint density at radius 2 is 2.00 bits per heavy atom. The van der Waals surface area contributed by atoms with Gasteiger partial charge in [-0.05, 0) is 54.2 Å². The highest BCUT2D eigenvalue weighted by molar-refractivity contribution is 5.88. The number of benzene rings is 1. The molecular formula is C20H29N. The minimum Gasteiger partial charge on any atom is -0.361 e. The molecule has 1 aromatic heterocycles. The van der Waals surface area contributed by atoms with E-state index < -0.39 is 0 Å². The third-order valence-electron chi connectivity index (χ3n) is 5.67. The largest absolute Gasteiger partial charge is 0.361 e. The molecule has 0 spiro atoms. The predicted octanol–water partition coefficient (Wildman–Crippen LogP) is 6.05. The van der Waals surface area contributed by atoms with E-state index in [4.69, 9.17) is 0 Å². The van der Waals surface area contributed by atoms with Gasteiger partial charge in [-0.25, -0.2) is 0 Å². The van der Waals surface area contributed by atoms with Gasteiger partial charge >= 0.3 is 0 Å². The second-order valence-corrected chi connectivity index (χ2v) is 6.86. The normalized spacial score (nSPS) is 21.3. The summed E-state index contributed by atoms with van der Waals surface area (Å²) in [7, 11) is 0. The van der Waals surface area contributed by atoms with Crippen molar-refractivity contribution in [2.75, 3.05) is 0 Å². The number of aromatic nitrogens is 1. The molecule has 0 amide bonds. The summed E-state index contributed by atoms with van der Waals surface area (Å²) < 4.78 is 0. The van der Waals surface area contributed by atoms with Crippen molar-refractivity contribution in [2.45, 2.75) is 65.2 Å². The van der Waals surface area contributed by atoms with Crippen molar-refractivity contribution in [1.82, 2.24) is 4.98 Å². The Hall–Kier alpha value is -1.24. The Balaban J connectivity index is 2.01. The van der Waals surface area contributed by atoms with Crippen LogP contribution in [0.3, 0.4) is 0 Å². The first-order valence-electron chi connectivity index (χ1n) is 8.87. The molecule has 1 nitrogen and oxygen atoms in total. The highest BCUT2D eigenvalue weighted by Crippen LogP contribution is 2.45. The van der Waals surface area contributed by atoms with E-state index in [0.29, 0.717) is 0 Å². The molecule has 114 valence electrons. The van der Waals surface area contributed by atoms with Gasteiger partial charge in [0.2, 0.25) is 0 Å². The average molecular weight is 283 g/mol. The summed E-state index contributed by atoms with van der Waals surface area (Å²) in [4.78, 5) is 3.48. The fraction of sp³-hybridized carbons (Fsp3) is 0.600. The molecule has 21 heavy (non-hydrogen) atoms. The number of hydrogen-bond donors (Lipinski definition) is 1. The number of nitrogens with one attached hydrogen (secondary N) is 1. The average Bonchev–Trinajstić information content (AvgIpc) is 2.92. The molecule has 3 rings (SSSR count). The van der Waals surface area contributed by atoms with Crippen LogP contribution in [0.2, 0.25) is 0 Å². The van der Waals surface area contributed by atoms with E-state index in [2.05, 4.69) is 50.2 Å². The summed E-state index contributed by atoms with van der Waals surface area (Å²) >= 11 is 0. The molecule has 1 aliphatic rings. The zero-order valence-electron chi connectivity index (χ0n) is 13.8. The Labute approximate surface area is 129 Å². The van der Waals surface area contributed by atoms with Crippen LogP contribution in [0.4, 0.5) is 0 Å². The molecule has 0 aliphatic heterocycles. The van der Waals surface area contributed by atoms with E-state index >= 15 is 0 Å². The van der Waals surface area contributed by atoms with Crippen LogP contribution in [0, 0.1) is 11.8 Å². The van der Waals surface area contributed by atoms with Crippen LogP contribution < -0.4 is 0 Å². The van der Waals surface area contributed by atoms with Crippen molar-refractivity contribution in [1.29, 1.82) is 0 Å². The molecular weight excluding hydrogens is 254 g/mol. The Morgan fingerprint density at radius 3 is 2.71 bits per heavy atom. The highest BCUT2D eigenvalue weighted by Gasteiger charge is 2.31. The molecule has 1 unspecified atom stereocenters. The fourth-order valence-electron chi connectivity index (χ4n) is 4.41. The van der Waals surface area contributed by atoms with Gasteiger partial charge in [-0.3, -0.25) is 0 Å². The second-order valence-electron chi connectivity index (χ2n) is 6.86. The first-order valence-corrected chi connectivity index (χ1v) is 8.87. The Bertz CT molecular complexity index is 591. The van der Waals surface area contributed by atoms with Crippen molar-refractivity contribution < 1.29 is 0 Å². The Morgan fingerprint density at radius 1 is 1.19 bits per heavy atom. The monoisotopic (exact) mass is 283 g/mol. The van der Waals surface area contributed by atoms with Crippen molar-refractivity contribution in [2.24, 2.45) is 11.8 Å². The van der Waals surface area contributed by atoms with Gasteiger partial charge in [-0.1, -0.05) is 52.2 Å². The SMILES string of the molecule is CCC[C@@H]1Cc2c[nH]c3cccc(c23)C1CC(CC)CC. The summed E-state index contributed by atoms with van der Waals surface area (Å²) in [6.07, 6.45) is 10.2. The van der Waals surface area contributed by atoms with Crippen molar-refractivity contribution in [3.63, 3.8) is 0 Å². The van der Waals surface area contributed by atoms with E-state index in [9.17, 15) is 0 Å². The van der Waals surface area contributed by atoms with Crippen LogP contribution in [0.25, 0.3) is 10.9 Å².